The summed E-state index contributed by atoms with van der Waals surface area (Å²) >= 11 is 0. The average Bonchev–Trinajstić information content (AvgIpc) is 2.04. The van der Waals surface area contributed by atoms with Crippen LogP contribution in [0.5, 0.6) is 0 Å². The Morgan fingerprint density at radius 2 is 2.23 bits per heavy atom. The van der Waals surface area contributed by atoms with Crippen LogP contribution in [0.3, 0.4) is 0 Å². The van der Waals surface area contributed by atoms with E-state index in [4.69, 9.17) is 11.5 Å². The minimum atomic E-state index is -0.387. The molecule has 0 bridgehead atoms. The van der Waals surface area contributed by atoms with Crippen LogP contribution in [0, 0.1) is 0 Å². The predicted molar refractivity (Wildman–Crippen MR) is 53.1 cm³/mol. The molecule has 1 rings (SSSR count). The molecule has 1 amide bonds. The van der Waals surface area contributed by atoms with Gasteiger partial charge >= 0.3 is 0 Å². The molecule has 4 nitrogen and oxygen atoms in total. The third kappa shape index (κ3) is 2.66. The zero-order valence-electron chi connectivity index (χ0n) is 7.45. The highest BCUT2D eigenvalue weighted by Crippen LogP contribution is 2.12. The molecular formula is C9H13N3O. The van der Waals surface area contributed by atoms with Gasteiger partial charge in [-0.25, -0.2) is 0 Å². The van der Waals surface area contributed by atoms with E-state index in [-0.39, 0.29) is 11.9 Å². The van der Waals surface area contributed by atoms with Gasteiger partial charge in [0.2, 0.25) is 5.91 Å². The molecule has 0 saturated heterocycles. The lowest BCUT2D eigenvalue weighted by molar-refractivity contribution is -0.118. The van der Waals surface area contributed by atoms with E-state index in [9.17, 15) is 4.79 Å². The Hall–Kier alpha value is -1.71. The van der Waals surface area contributed by atoms with Crippen LogP contribution in [0.1, 0.15) is 6.92 Å². The summed E-state index contributed by atoms with van der Waals surface area (Å²) in [5, 5.41) is 2.93. The van der Waals surface area contributed by atoms with Gasteiger partial charge in [-0.05, 0) is 25.1 Å². The molecule has 4 heteroatoms. The number of hydrogen-bond donors (Lipinski definition) is 3. The molecule has 1 aromatic carbocycles. The third-order valence-electron chi connectivity index (χ3n) is 1.70. The van der Waals surface area contributed by atoms with E-state index in [1.165, 1.54) is 0 Å². The van der Waals surface area contributed by atoms with Crippen LogP contribution in [-0.2, 0) is 4.79 Å². The number of nitrogens with two attached hydrogens (primary N) is 2. The summed E-state index contributed by atoms with van der Waals surface area (Å²) in [6.07, 6.45) is 0. The molecule has 0 radical (unpaired) electrons. The van der Waals surface area contributed by atoms with Crippen LogP contribution < -0.4 is 16.8 Å². The van der Waals surface area contributed by atoms with Crippen molar-refractivity contribution in [2.24, 2.45) is 5.73 Å². The van der Waals surface area contributed by atoms with Gasteiger partial charge in [0.05, 0.1) is 0 Å². The minimum Gasteiger partial charge on any atom is -0.399 e. The molecule has 0 unspecified atom stereocenters. The minimum absolute atomic E-state index is 0.387. The van der Waals surface area contributed by atoms with Crippen LogP contribution in [0.4, 0.5) is 11.4 Å². The highest BCUT2D eigenvalue weighted by molar-refractivity contribution is 5.82. The van der Waals surface area contributed by atoms with Gasteiger partial charge in [0, 0.05) is 11.4 Å². The second kappa shape index (κ2) is 3.80. The van der Waals surface area contributed by atoms with Gasteiger partial charge in [0.15, 0.2) is 0 Å². The highest BCUT2D eigenvalue weighted by Gasteiger charge is 2.06. The first-order chi connectivity index (χ1) is 6.09. The van der Waals surface area contributed by atoms with Gasteiger partial charge in [0.25, 0.3) is 0 Å². The molecule has 70 valence electrons. The molecular weight excluding hydrogens is 166 g/mol. The molecule has 0 fully saturated rings. The summed E-state index contributed by atoms with van der Waals surface area (Å²) in [4.78, 5) is 10.7. The summed E-state index contributed by atoms with van der Waals surface area (Å²) in [6, 6.07) is 6.78. The van der Waals surface area contributed by atoms with Crippen molar-refractivity contribution < 1.29 is 4.79 Å². The van der Waals surface area contributed by atoms with E-state index in [0.717, 1.165) is 5.69 Å². The highest BCUT2D eigenvalue weighted by atomic mass is 16.1. The molecule has 0 saturated carbocycles. The number of carbonyl (C=O) groups excluding carboxylic acids is 1. The maximum absolute atomic E-state index is 10.7. The molecule has 1 atom stereocenters. The molecule has 0 aromatic heterocycles. The van der Waals surface area contributed by atoms with Gasteiger partial charge in [0.1, 0.15) is 6.04 Å². The first-order valence-corrected chi connectivity index (χ1v) is 4.01. The molecule has 0 heterocycles. The normalized spacial score (nSPS) is 12.1. The number of anilines is 2. The number of nitrogen functional groups attached to an aromatic ring is 1. The number of hydrogen-bond acceptors (Lipinski definition) is 3. The van der Waals surface area contributed by atoms with Crippen LogP contribution in [0.15, 0.2) is 24.3 Å². The van der Waals surface area contributed by atoms with Crippen molar-refractivity contribution in [3.05, 3.63) is 24.3 Å². The second-order valence-electron chi connectivity index (χ2n) is 2.89. The average molecular weight is 179 g/mol. The van der Waals surface area contributed by atoms with Gasteiger partial charge in [-0.3, -0.25) is 4.79 Å². The maximum atomic E-state index is 10.7. The number of rotatable bonds is 3. The number of benzene rings is 1. The van der Waals surface area contributed by atoms with Crippen molar-refractivity contribution in [2.75, 3.05) is 11.1 Å². The molecule has 0 aliphatic carbocycles. The number of primary amides is 1. The topological polar surface area (TPSA) is 81.1 Å². The summed E-state index contributed by atoms with van der Waals surface area (Å²) in [5.74, 6) is -0.387. The van der Waals surface area contributed by atoms with Crippen molar-refractivity contribution >= 4 is 17.3 Å². The van der Waals surface area contributed by atoms with Crippen LogP contribution in [0.25, 0.3) is 0 Å². The van der Waals surface area contributed by atoms with E-state index in [1.54, 1.807) is 19.1 Å². The Labute approximate surface area is 76.9 Å². The Kier molecular flexibility index (Phi) is 2.74. The maximum Gasteiger partial charge on any atom is 0.239 e. The van der Waals surface area contributed by atoms with Gasteiger partial charge in [-0.15, -0.1) is 0 Å². The Morgan fingerprint density at radius 3 is 2.77 bits per heavy atom. The smallest absolute Gasteiger partial charge is 0.239 e. The molecule has 0 aliphatic heterocycles. The van der Waals surface area contributed by atoms with Gasteiger partial charge in [-0.1, -0.05) is 6.07 Å². The molecule has 0 spiro atoms. The summed E-state index contributed by atoms with van der Waals surface area (Å²) in [6.45, 7) is 1.70. The quantitative estimate of drug-likeness (QED) is 0.593. The fraction of sp³-hybridized carbons (Fsp3) is 0.222. The van der Waals surface area contributed by atoms with Crippen LogP contribution in [0.2, 0.25) is 0 Å². The molecule has 1 aromatic rings. The van der Waals surface area contributed by atoms with Gasteiger partial charge < -0.3 is 16.8 Å². The lowest BCUT2D eigenvalue weighted by Gasteiger charge is -2.11. The second-order valence-corrected chi connectivity index (χ2v) is 2.89. The van der Waals surface area contributed by atoms with Crippen molar-refractivity contribution in [1.29, 1.82) is 0 Å². The van der Waals surface area contributed by atoms with Gasteiger partial charge in [-0.2, -0.15) is 0 Å². The predicted octanol–water partition coefficient (Wildman–Crippen LogP) is 0.554. The largest absolute Gasteiger partial charge is 0.399 e. The Morgan fingerprint density at radius 1 is 1.54 bits per heavy atom. The van der Waals surface area contributed by atoms with E-state index in [1.807, 2.05) is 12.1 Å². The standard InChI is InChI=1S/C9H13N3O/c1-6(9(11)13)12-8-4-2-3-7(10)5-8/h2-6,12H,10H2,1H3,(H2,11,13)/t6-/m0/s1. The van der Waals surface area contributed by atoms with Crippen molar-refractivity contribution in [1.82, 2.24) is 0 Å². The first-order valence-electron chi connectivity index (χ1n) is 4.01. The summed E-state index contributed by atoms with van der Waals surface area (Å²) < 4.78 is 0. The zero-order valence-corrected chi connectivity index (χ0v) is 7.45. The lowest BCUT2D eigenvalue weighted by atomic mass is 10.2. The van der Waals surface area contributed by atoms with Crippen molar-refractivity contribution in [2.45, 2.75) is 13.0 Å². The monoisotopic (exact) mass is 179 g/mol. The molecule has 0 aliphatic rings. The molecule has 5 N–H and O–H groups in total. The fourth-order valence-corrected chi connectivity index (χ4v) is 0.950. The van der Waals surface area contributed by atoms with E-state index in [0.29, 0.717) is 5.69 Å². The zero-order chi connectivity index (χ0) is 9.84. The number of amides is 1. The fourth-order valence-electron chi connectivity index (χ4n) is 0.950. The van der Waals surface area contributed by atoms with E-state index in [2.05, 4.69) is 5.32 Å². The Balaban J connectivity index is 2.69. The number of nitrogens with one attached hydrogen (secondary N) is 1. The summed E-state index contributed by atoms with van der Waals surface area (Å²) in [7, 11) is 0. The van der Waals surface area contributed by atoms with E-state index >= 15 is 0 Å². The lowest BCUT2D eigenvalue weighted by Crippen LogP contribution is -2.32. The van der Waals surface area contributed by atoms with Crippen LogP contribution >= 0.6 is 0 Å². The number of carbonyl (C=O) groups is 1. The van der Waals surface area contributed by atoms with Crippen molar-refractivity contribution in [3.63, 3.8) is 0 Å². The first kappa shape index (κ1) is 9.38. The van der Waals surface area contributed by atoms with Crippen LogP contribution in [-0.4, -0.2) is 11.9 Å². The third-order valence-corrected chi connectivity index (χ3v) is 1.70. The Bertz CT molecular complexity index is 311. The summed E-state index contributed by atoms with van der Waals surface area (Å²) in [5.41, 5.74) is 12.1. The van der Waals surface area contributed by atoms with E-state index < -0.39 is 0 Å². The van der Waals surface area contributed by atoms with Crippen molar-refractivity contribution in [3.8, 4) is 0 Å². The SMILES string of the molecule is C[C@H](Nc1cccc(N)c1)C(N)=O. The molecule has 13 heavy (non-hydrogen) atoms.